The van der Waals surface area contributed by atoms with Gasteiger partial charge >= 0.3 is 0 Å². The summed E-state index contributed by atoms with van der Waals surface area (Å²) < 4.78 is 5.27. The third kappa shape index (κ3) is 3.94. The number of piperazine rings is 1. The Hall–Kier alpha value is -2.67. The summed E-state index contributed by atoms with van der Waals surface area (Å²) >= 11 is 0. The molecule has 0 radical (unpaired) electrons. The molecule has 1 aromatic heterocycles. The lowest BCUT2D eigenvalue weighted by Gasteiger charge is -2.36. The first-order chi connectivity index (χ1) is 13.5. The summed E-state index contributed by atoms with van der Waals surface area (Å²) in [6, 6.07) is 9.80. The number of benzene rings is 1. The van der Waals surface area contributed by atoms with Gasteiger partial charge in [0.2, 0.25) is 5.91 Å². The fourth-order valence-corrected chi connectivity index (χ4v) is 3.84. The van der Waals surface area contributed by atoms with E-state index in [0.29, 0.717) is 31.4 Å². The Morgan fingerprint density at radius 1 is 1.21 bits per heavy atom. The second-order valence-electron chi connectivity index (χ2n) is 7.61. The SMILES string of the molecule is COc1cccc(CN2CCN(c3cc(C4CC(O)C4)nc(C)n3)CC2=O)c1. The highest BCUT2D eigenvalue weighted by Gasteiger charge is 2.31. The fraction of sp³-hybridized carbons (Fsp3) is 0.476. The molecule has 1 saturated heterocycles. The van der Waals surface area contributed by atoms with E-state index >= 15 is 0 Å². The smallest absolute Gasteiger partial charge is 0.242 e. The molecule has 4 rings (SSSR count). The van der Waals surface area contributed by atoms with E-state index in [1.807, 2.05) is 47.1 Å². The van der Waals surface area contributed by atoms with Crippen molar-refractivity contribution in [1.82, 2.24) is 14.9 Å². The third-order valence-corrected chi connectivity index (χ3v) is 5.53. The lowest BCUT2D eigenvalue weighted by Crippen LogP contribution is -2.50. The zero-order valence-electron chi connectivity index (χ0n) is 16.3. The summed E-state index contributed by atoms with van der Waals surface area (Å²) in [6.45, 7) is 4.16. The molecule has 148 valence electrons. The number of ether oxygens (including phenoxy) is 1. The molecule has 1 aliphatic carbocycles. The minimum atomic E-state index is -0.217. The fourth-order valence-electron chi connectivity index (χ4n) is 3.84. The van der Waals surface area contributed by atoms with Crippen LogP contribution in [0.25, 0.3) is 0 Å². The van der Waals surface area contributed by atoms with Crippen molar-refractivity contribution in [2.75, 3.05) is 31.6 Å². The number of aliphatic hydroxyl groups excluding tert-OH is 1. The Kier molecular flexibility index (Phi) is 5.17. The predicted molar refractivity (Wildman–Crippen MR) is 105 cm³/mol. The van der Waals surface area contributed by atoms with Crippen LogP contribution >= 0.6 is 0 Å². The van der Waals surface area contributed by atoms with E-state index in [-0.39, 0.29) is 12.0 Å². The number of hydrogen-bond donors (Lipinski definition) is 1. The van der Waals surface area contributed by atoms with Crippen molar-refractivity contribution >= 4 is 11.7 Å². The summed E-state index contributed by atoms with van der Waals surface area (Å²) in [5.41, 5.74) is 2.03. The van der Waals surface area contributed by atoms with Crippen molar-refractivity contribution in [2.45, 2.75) is 38.3 Å². The van der Waals surface area contributed by atoms with Gasteiger partial charge in [-0.15, -0.1) is 0 Å². The van der Waals surface area contributed by atoms with Gasteiger partial charge in [0.05, 0.1) is 19.8 Å². The van der Waals surface area contributed by atoms with E-state index < -0.39 is 0 Å². The van der Waals surface area contributed by atoms with Crippen LogP contribution in [0.5, 0.6) is 5.75 Å². The number of methoxy groups -OCH3 is 1. The number of anilines is 1. The Balaban J connectivity index is 1.43. The standard InChI is InChI=1S/C21H26N4O3/c1-14-22-19(16-9-17(26)10-16)11-20(23-14)24-6-7-25(21(27)13-24)12-15-4-3-5-18(8-15)28-2/h3-5,8,11,16-17,26H,6-7,9-10,12-13H2,1-2H3. The first-order valence-corrected chi connectivity index (χ1v) is 9.71. The molecule has 1 aliphatic heterocycles. The van der Waals surface area contributed by atoms with Crippen molar-refractivity contribution in [3.05, 3.63) is 47.4 Å². The molecule has 28 heavy (non-hydrogen) atoms. The van der Waals surface area contributed by atoms with Gasteiger partial charge in [0.25, 0.3) is 0 Å². The zero-order chi connectivity index (χ0) is 19.7. The van der Waals surface area contributed by atoms with Crippen LogP contribution in [0.15, 0.2) is 30.3 Å². The van der Waals surface area contributed by atoms with Crippen LogP contribution in [-0.4, -0.2) is 58.7 Å². The molecule has 0 unspecified atom stereocenters. The molecule has 0 atom stereocenters. The predicted octanol–water partition coefficient (Wildman–Crippen LogP) is 1.88. The van der Waals surface area contributed by atoms with E-state index in [9.17, 15) is 9.90 Å². The van der Waals surface area contributed by atoms with Gasteiger partial charge in [-0.25, -0.2) is 9.97 Å². The molecule has 2 aromatic rings. The molecule has 1 saturated carbocycles. The Bertz CT molecular complexity index is 866. The van der Waals surface area contributed by atoms with E-state index in [4.69, 9.17) is 4.74 Å². The number of amides is 1. The molecule has 7 nitrogen and oxygen atoms in total. The van der Waals surface area contributed by atoms with Crippen LogP contribution in [0, 0.1) is 6.92 Å². The van der Waals surface area contributed by atoms with Gasteiger partial charge < -0.3 is 19.6 Å². The first-order valence-electron chi connectivity index (χ1n) is 9.71. The second-order valence-corrected chi connectivity index (χ2v) is 7.61. The van der Waals surface area contributed by atoms with E-state index in [1.54, 1.807) is 7.11 Å². The van der Waals surface area contributed by atoms with Crippen LogP contribution in [-0.2, 0) is 11.3 Å². The number of hydrogen-bond acceptors (Lipinski definition) is 6. The van der Waals surface area contributed by atoms with Gasteiger partial charge in [-0.2, -0.15) is 0 Å². The highest BCUT2D eigenvalue weighted by molar-refractivity contribution is 5.82. The lowest BCUT2D eigenvalue weighted by atomic mass is 9.80. The maximum absolute atomic E-state index is 12.7. The third-order valence-electron chi connectivity index (χ3n) is 5.53. The molecular formula is C21H26N4O3. The van der Waals surface area contributed by atoms with Gasteiger partial charge in [-0.3, -0.25) is 4.79 Å². The Morgan fingerprint density at radius 2 is 2.04 bits per heavy atom. The number of nitrogens with zero attached hydrogens (tertiary/aromatic N) is 4. The summed E-state index contributed by atoms with van der Waals surface area (Å²) in [6.07, 6.45) is 1.29. The molecule has 1 amide bonds. The monoisotopic (exact) mass is 382 g/mol. The summed E-state index contributed by atoms with van der Waals surface area (Å²) in [7, 11) is 1.64. The van der Waals surface area contributed by atoms with Crippen LogP contribution in [0.1, 0.15) is 35.8 Å². The molecule has 2 aliphatic rings. The topological polar surface area (TPSA) is 78.8 Å². The molecular weight excluding hydrogens is 356 g/mol. The summed E-state index contributed by atoms with van der Waals surface area (Å²) in [4.78, 5) is 25.7. The maximum Gasteiger partial charge on any atom is 0.242 e. The molecule has 0 spiro atoms. The quantitative estimate of drug-likeness (QED) is 0.851. The van der Waals surface area contributed by atoms with Gasteiger partial charge in [-0.05, 0) is 37.5 Å². The van der Waals surface area contributed by atoms with E-state index in [0.717, 1.165) is 42.2 Å². The Labute approximate surface area is 165 Å². The van der Waals surface area contributed by atoms with Crippen LogP contribution in [0.3, 0.4) is 0 Å². The average molecular weight is 382 g/mol. The van der Waals surface area contributed by atoms with Crippen LogP contribution < -0.4 is 9.64 Å². The zero-order valence-corrected chi connectivity index (χ0v) is 16.3. The van der Waals surface area contributed by atoms with Crippen molar-refractivity contribution in [3.63, 3.8) is 0 Å². The van der Waals surface area contributed by atoms with Crippen molar-refractivity contribution in [2.24, 2.45) is 0 Å². The van der Waals surface area contributed by atoms with Gasteiger partial charge in [0.1, 0.15) is 17.4 Å². The maximum atomic E-state index is 12.7. The van der Waals surface area contributed by atoms with Crippen LogP contribution in [0.2, 0.25) is 0 Å². The molecule has 1 aromatic carbocycles. The lowest BCUT2D eigenvalue weighted by molar-refractivity contribution is -0.131. The first kappa shape index (κ1) is 18.7. The number of aryl methyl sites for hydroxylation is 1. The molecule has 2 fully saturated rings. The van der Waals surface area contributed by atoms with Gasteiger partial charge in [0.15, 0.2) is 0 Å². The molecule has 0 bridgehead atoms. The van der Waals surface area contributed by atoms with Crippen molar-refractivity contribution in [1.29, 1.82) is 0 Å². The minimum Gasteiger partial charge on any atom is -0.497 e. The molecule has 7 heteroatoms. The normalized spacial score (nSPS) is 22.2. The number of aromatic nitrogens is 2. The van der Waals surface area contributed by atoms with Crippen LogP contribution in [0.4, 0.5) is 5.82 Å². The van der Waals surface area contributed by atoms with E-state index in [1.165, 1.54) is 0 Å². The Morgan fingerprint density at radius 3 is 2.75 bits per heavy atom. The largest absolute Gasteiger partial charge is 0.497 e. The molecule has 1 N–H and O–H groups in total. The van der Waals surface area contributed by atoms with E-state index in [2.05, 4.69) is 9.97 Å². The number of carbonyl (C=O) groups excluding carboxylic acids is 1. The number of rotatable bonds is 5. The highest BCUT2D eigenvalue weighted by atomic mass is 16.5. The van der Waals surface area contributed by atoms with Gasteiger partial charge in [-0.1, -0.05) is 12.1 Å². The van der Waals surface area contributed by atoms with Crippen molar-refractivity contribution in [3.8, 4) is 5.75 Å². The highest BCUT2D eigenvalue weighted by Crippen LogP contribution is 2.36. The number of carbonyl (C=O) groups is 1. The molecule has 2 heterocycles. The minimum absolute atomic E-state index is 0.0888. The average Bonchev–Trinajstić information content (AvgIpc) is 2.66. The second kappa shape index (κ2) is 7.75. The van der Waals surface area contributed by atoms with Crippen molar-refractivity contribution < 1.29 is 14.6 Å². The van der Waals surface area contributed by atoms with Gasteiger partial charge in [0, 0.05) is 37.3 Å². The number of aliphatic hydroxyl groups is 1. The summed E-state index contributed by atoms with van der Waals surface area (Å²) in [5, 5.41) is 9.57. The summed E-state index contributed by atoms with van der Waals surface area (Å²) in [5.74, 6) is 2.69.